The number of hydrogen-bond acceptors (Lipinski definition) is 4. The van der Waals surface area contributed by atoms with E-state index in [9.17, 15) is 4.79 Å². The zero-order chi connectivity index (χ0) is 18.4. The summed E-state index contributed by atoms with van der Waals surface area (Å²) in [6.45, 7) is 3.19. The molecule has 26 heavy (non-hydrogen) atoms. The smallest absolute Gasteiger partial charge is 0.319 e. The van der Waals surface area contributed by atoms with Gasteiger partial charge in [-0.2, -0.15) is 0 Å². The number of hydrogen-bond donors (Lipinski definition) is 2. The Morgan fingerprint density at radius 1 is 1.38 bits per heavy atom. The van der Waals surface area contributed by atoms with Gasteiger partial charge >= 0.3 is 6.03 Å². The molecule has 2 atom stereocenters. The summed E-state index contributed by atoms with van der Waals surface area (Å²) in [5, 5.41) is 13.3. The first-order valence-electron chi connectivity index (χ1n) is 9.18. The third-order valence-corrected chi connectivity index (χ3v) is 4.77. The van der Waals surface area contributed by atoms with Crippen LogP contribution in [-0.2, 0) is 24.9 Å². The van der Waals surface area contributed by atoms with Gasteiger partial charge in [-0.1, -0.05) is 31.9 Å². The van der Waals surface area contributed by atoms with E-state index in [1.807, 2.05) is 31.3 Å². The zero-order valence-corrected chi connectivity index (χ0v) is 15.4. The predicted molar refractivity (Wildman–Crippen MR) is 99.5 cm³/mol. The quantitative estimate of drug-likeness (QED) is 0.832. The molecule has 3 rings (SSSR count). The molecule has 1 aromatic carbocycles. The first-order valence-corrected chi connectivity index (χ1v) is 9.18. The number of ether oxygens (including phenoxy) is 1. The number of aromatic nitrogens is 3. The first-order chi connectivity index (χ1) is 12.6. The number of anilines is 1. The molecule has 0 spiro atoms. The Morgan fingerprint density at radius 3 is 3.04 bits per heavy atom. The van der Waals surface area contributed by atoms with Gasteiger partial charge in [-0.25, -0.2) is 4.79 Å². The molecular weight excluding hydrogens is 330 g/mol. The third-order valence-electron chi connectivity index (χ3n) is 4.77. The largest absolute Gasteiger partial charge is 0.374 e. The van der Waals surface area contributed by atoms with Gasteiger partial charge in [0.1, 0.15) is 6.33 Å². The molecule has 0 bridgehead atoms. The molecule has 0 saturated heterocycles. The summed E-state index contributed by atoms with van der Waals surface area (Å²) < 4.78 is 7.83. The van der Waals surface area contributed by atoms with Gasteiger partial charge in [0, 0.05) is 12.7 Å². The van der Waals surface area contributed by atoms with Crippen molar-refractivity contribution in [2.75, 3.05) is 5.32 Å². The van der Waals surface area contributed by atoms with Crippen molar-refractivity contribution in [3.05, 3.63) is 42.0 Å². The molecule has 2 amide bonds. The van der Waals surface area contributed by atoms with Crippen molar-refractivity contribution >= 4 is 11.7 Å². The number of urea groups is 1. The van der Waals surface area contributed by atoms with Crippen LogP contribution in [0.2, 0.25) is 0 Å². The summed E-state index contributed by atoms with van der Waals surface area (Å²) in [4.78, 5) is 12.1. The van der Waals surface area contributed by atoms with Gasteiger partial charge < -0.3 is 19.9 Å². The number of carbonyl (C=O) groups excluding carboxylic acids is 1. The van der Waals surface area contributed by atoms with E-state index in [0.29, 0.717) is 25.1 Å². The van der Waals surface area contributed by atoms with Crippen LogP contribution in [0.1, 0.15) is 44.0 Å². The van der Waals surface area contributed by atoms with Crippen LogP contribution in [-0.4, -0.2) is 26.9 Å². The van der Waals surface area contributed by atoms with Crippen LogP contribution in [0.5, 0.6) is 0 Å². The molecule has 1 fully saturated rings. The minimum Gasteiger partial charge on any atom is -0.374 e. The molecule has 7 nitrogen and oxygen atoms in total. The van der Waals surface area contributed by atoms with Gasteiger partial charge in [0.05, 0.1) is 19.3 Å². The van der Waals surface area contributed by atoms with Crippen molar-refractivity contribution in [2.24, 2.45) is 13.0 Å². The Bertz CT molecular complexity index is 730. The van der Waals surface area contributed by atoms with E-state index < -0.39 is 0 Å². The summed E-state index contributed by atoms with van der Waals surface area (Å²) in [7, 11) is 1.84. The number of rotatable bonds is 6. The lowest BCUT2D eigenvalue weighted by molar-refractivity contribution is 0.00468. The van der Waals surface area contributed by atoms with Crippen LogP contribution < -0.4 is 10.6 Å². The number of nitrogens with zero attached hydrogens (tertiary/aromatic N) is 3. The van der Waals surface area contributed by atoms with E-state index >= 15 is 0 Å². The van der Waals surface area contributed by atoms with E-state index in [4.69, 9.17) is 4.74 Å². The second-order valence-electron chi connectivity index (χ2n) is 7.07. The summed E-state index contributed by atoms with van der Waals surface area (Å²) in [5.74, 6) is 1.45. The average molecular weight is 357 g/mol. The van der Waals surface area contributed by atoms with Gasteiger partial charge in [-0.15, -0.1) is 10.2 Å². The normalized spacial score (nSPS) is 19.9. The third kappa shape index (κ3) is 5.29. The Hall–Kier alpha value is -2.41. The fourth-order valence-corrected chi connectivity index (χ4v) is 3.28. The SMILES string of the molecule is C[C@@H]1CCC[C@@H](OCc2cccc(NC(=O)NCc3nncn3C)c2)C1. The molecule has 1 aliphatic carbocycles. The average Bonchev–Trinajstić information content (AvgIpc) is 3.04. The second kappa shape index (κ2) is 8.80. The van der Waals surface area contributed by atoms with Crippen molar-refractivity contribution in [1.82, 2.24) is 20.1 Å². The molecule has 1 aromatic heterocycles. The number of amides is 2. The van der Waals surface area contributed by atoms with Crippen molar-refractivity contribution in [1.29, 1.82) is 0 Å². The van der Waals surface area contributed by atoms with Gasteiger partial charge in [0.15, 0.2) is 5.82 Å². The van der Waals surface area contributed by atoms with E-state index in [-0.39, 0.29) is 6.03 Å². The highest BCUT2D eigenvalue weighted by atomic mass is 16.5. The Morgan fingerprint density at radius 2 is 2.27 bits per heavy atom. The van der Waals surface area contributed by atoms with Gasteiger partial charge in [-0.3, -0.25) is 0 Å². The van der Waals surface area contributed by atoms with Crippen molar-refractivity contribution in [3.63, 3.8) is 0 Å². The van der Waals surface area contributed by atoms with Gasteiger partial charge in [0.2, 0.25) is 0 Å². The monoisotopic (exact) mass is 357 g/mol. The summed E-state index contributed by atoms with van der Waals surface area (Å²) in [5.41, 5.74) is 1.81. The molecule has 0 aliphatic heterocycles. The Balaban J connectivity index is 1.47. The lowest BCUT2D eigenvalue weighted by Gasteiger charge is -2.26. The Labute approximate surface area is 154 Å². The van der Waals surface area contributed by atoms with Crippen molar-refractivity contribution in [2.45, 2.75) is 51.9 Å². The van der Waals surface area contributed by atoms with Crippen LogP contribution >= 0.6 is 0 Å². The fourth-order valence-electron chi connectivity index (χ4n) is 3.28. The molecule has 0 radical (unpaired) electrons. The minimum atomic E-state index is -0.271. The zero-order valence-electron chi connectivity index (χ0n) is 15.4. The van der Waals surface area contributed by atoms with E-state index in [1.165, 1.54) is 12.8 Å². The molecular formula is C19H27N5O2. The summed E-state index contributed by atoms with van der Waals surface area (Å²) in [6.07, 6.45) is 6.80. The van der Waals surface area contributed by atoms with Crippen LogP contribution in [0.3, 0.4) is 0 Å². The number of nitrogens with one attached hydrogen (secondary N) is 2. The molecule has 1 saturated carbocycles. The highest BCUT2D eigenvalue weighted by Crippen LogP contribution is 2.26. The fraction of sp³-hybridized carbons (Fsp3) is 0.526. The van der Waals surface area contributed by atoms with E-state index in [1.54, 1.807) is 10.9 Å². The van der Waals surface area contributed by atoms with Crippen LogP contribution in [0.25, 0.3) is 0 Å². The number of carbonyl (C=O) groups is 1. The van der Waals surface area contributed by atoms with Gasteiger partial charge in [-0.05, 0) is 36.5 Å². The van der Waals surface area contributed by atoms with Gasteiger partial charge in [0.25, 0.3) is 0 Å². The number of benzene rings is 1. The van der Waals surface area contributed by atoms with Crippen LogP contribution in [0.4, 0.5) is 10.5 Å². The van der Waals surface area contributed by atoms with E-state index in [2.05, 4.69) is 27.8 Å². The summed E-state index contributed by atoms with van der Waals surface area (Å²) in [6, 6.07) is 7.50. The minimum absolute atomic E-state index is 0.271. The maximum Gasteiger partial charge on any atom is 0.319 e. The number of aryl methyl sites for hydroxylation is 1. The highest BCUT2D eigenvalue weighted by molar-refractivity contribution is 5.89. The van der Waals surface area contributed by atoms with Crippen LogP contribution in [0.15, 0.2) is 30.6 Å². The maximum atomic E-state index is 12.1. The molecule has 140 valence electrons. The standard InChI is InChI=1S/C19H27N5O2/c1-14-5-3-8-17(9-14)26-12-15-6-4-7-16(10-15)22-19(25)20-11-18-23-21-13-24(18)2/h4,6-7,10,13-14,17H,3,5,8-9,11-12H2,1-2H3,(H2,20,22,25)/t14-,17-/m1/s1. The topological polar surface area (TPSA) is 81.1 Å². The highest BCUT2D eigenvalue weighted by Gasteiger charge is 2.19. The van der Waals surface area contributed by atoms with Crippen molar-refractivity contribution < 1.29 is 9.53 Å². The van der Waals surface area contributed by atoms with E-state index in [0.717, 1.165) is 30.0 Å². The lowest BCUT2D eigenvalue weighted by Crippen LogP contribution is -2.29. The Kier molecular flexibility index (Phi) is 6.22. The van der Waals surface area contributed by atoms with Crippen LogP contribution in [0, 0.1) is 5.92 Å². The van der Waals surface area contributed by atoms with Crippen molar-refractivity contribution in [3.8, 4) is 0 Å². The molecule has 7 heteroatoms. The molecule has 2 aromatic rings. The summed E-state index contributed by atoms with van der Waals surface area (Å²) >= 11 is 0. The predicted octanol–water partition coefficient (Wildman–Crippen LogP) is 3.23. The molecule has 1 aliphatic rings. The molecule has 2 N–H and O–H groups in total. The molecule has 1 heterocycles. The second-order valence-corrected chi connectivity index (χ2v) is 7.07. The maximum absolute atomic E-state index is 12.1. The molecule has 0 unspecified atom stereocenters. The lowest BCUT2D eigenvalue weighted by atomic mass is 9.89. The first kappa shape index (κ1) is 18.4.